The largest absolute Gasteiger partial charge is 0.490 e. The van der Waals surface area contributed by atoms with Crippen LogP contribution in [0.5, 0.6) is 17.4 Å². The molecule has 5 rings (SSSR count). The van der Waals surface area contributed by atoms with Gasteiger partial charge in [0.1, 0.15) is 47.4 Å². The summed E-state index contributed by atoms with van der Waals surface area (Å²) < 4.78 is 56.1. The zero-order valence-corrected chi connectivity index (χ0v) is 21.4. The highest BCUT2D eigenvalue weighted by Crippen LogP contribution is 2.30. The first-order valence-electron chi connectivity index (χ1n) is 12.4. The van der Waals surface area contributed by atoms with Crippen molar-refractivity contribution in [2.45, 2.75) is 31.2 Å². The minimum Gasteiger partial charge on any atom is -0.490 e. The van der Waals surface area contributed by atoms with E-state index >= 15 is 0 Å². The molecule has 0 aromatic carbocycles. The summed E-state index contributed by atoms with van der Waals surface area (Å²) in [5.41, 5.74) is 1.62. The van der Waals surface area contributed by atoms with Gasteiger partial charge >= 0.3 is 6.18 Å². The molecule has 1 atom stereocenters. The summed E-state index contributed by atoms with van der Waals surface area (Å²) in [6.07, 6.45) is -1.18. The Labute approximate surface area is 227 Å². The summed E-state index contributed by atoms with van der Waals surface area (Å²) in [6.45, 7) is 0.488. The second-order valence-corrected chi connectivity index (χ2v) is 9.14. The van der Waals surface area contributed by atoms with Crippen LogP contribution >= 0.6 is 0 Å². The van der Waals surface area contributed by atoms with Crippen LogP contribution in [0, 0.1) is 11.3 Å². The maximum atomic E-state index is 12.7. The number of aliphatic hydroxyl groups is 1. The van der Waals surface area contributed by atoms with Crippen molar-refractivity contribution < 1.29 is 32.5 Å². The Hall–Kier alpha value is -4.57. The fourth-order valence-electron chi connectivity index (χ4n) is 4.41. The molecule has 4 aromatic rings. The van der Waals surface area contributed by atoms with Crippen molar-refractivity contribution in [2.75, 3.05) is 31.7 Å². The number of ether oxygens (including phenoxy) is 3. The molecular formula is C27H25F3N6O4. The van der Waals surface area contributed by atoms with Gasteiger partial charge in [-0.3, -0.25) is 4.40 Å². The molecule has 13 heteroatoms. The van der Waals surface area contributed by atoms with Gasteiger partial charge in [-0.05, 0) is 18.2 Å². The third-order valence-corrected chi connectivity index (χ3v) is 6.51. The van der Waals surface area contributed by atoms with Gasteiger partial charge in [0.05, 0.1) is 25.2 Å². The van der Waals surface area contributed by atoms with Gasteiger partial charge in [0.25, 0.3) is 0 Å². The van der Waals surface area contributed by atoms with E-state index in [1.54, 1.807) is 30.0 Å². The van der Waals surface area contributed by atoms with E-state index in [0.29, 0.717) is 28.5 Å². The van der Waals surface area contributed by atoms with Gasteiger partial charge in [0, 0.05) is 55.9 Å². The van der Waals surface area contributed by atoms with Gasteiger partial charge in [0.2, 0.25) is 5.88 Å². The summed E-state index contributed by atoms with van der Waals surface area (Å²) in [5.74, 6) is 2.03. The first-order chi connectivity index (χ1) is 19.2. The van der Waals surface area contributed by atoms with Crippen LogP contribution in [0.4, 0.5) is 19.0 Å². The molecule has 1 saturated heterocycles. The Kier molecular flexibility index (Phi) is 7.61. The van der Waals surface area contributed by atoms with Gasteiger partial charge in [-0.1, -0.05) is 0 Å². The van der Waals surface area contributed by atoms with Gasteiger partial charge < -0.3 is 24.2 Å². The fourth-order valence-corrected chi connectivity index (χ4v) is 4.41. The molecule has 1 aliphatic rings. The minimum atomic E-state index is -4.80. The molecule has 0 bridgehead atoms. The Morgan fingerprint density at radius 2 is 1.85 bits per heavy atom. The van der Waals surface area contributed by atoms with E-state index in [1.165, 1.54) is 18.3 Å². The molecule has 1 unspecified atom stereocenters. The lowest BCUT2D eigenvalue weighted by Gasteiger charge is -2.33. The maximum Gasteiger partial charge on any atom is 0.417 e. The van der Waals surface area contributed by atoms with E-state index in [0.717, 1.165) is 31.7 Å². The standard InChI is InChI=1S/C27H25F3N6O4/c1-38-26-5-3-20(15-34-26)40-19-6-8-35(9-7-19)24-4-2-17(13-32-24)22-10-21(39-16-23(37)27(28,29)30)11-25-33-14-18(12-31)36(22)25/h2-5,10-11,13-15,19,23,37H,6-9,16H2,1H3. The van der Waals surface area contributed by atoms with Crippen LogP contribution in [-0.2, 0) is 0 Å². The van der Waals surface area contributed by atoms with Crippen molar-refractivity contribution in [3.63, 3.8) is 0 Å². The number of aromatic nitrogens is 4. The van der Waals surface area contributed by atoms with Gasteiger partial charge in [0.15, 0.2) is 6.10 Å². The zero-order valence-electron chi connectivity index (χ0n) is 21.4. The summed E-state index contributed by atoms with van der Waals surface area (Å²) in [6, 6.07) is 12.2. The van der Waals surface area contributed by atoms with Crippen LogP contribution < -0.4 is 19.1 Å². The molecule has 5 heterocycles. The number of hydrogen-bond donors (Lipinski definition) is 1. The van der Waals surface area contributed by atoms with Gasteiger partial charge in [-0.15, -0.1) is 0 Å². The molecule has 1 fully saturated rings. The fraction of sp³-hybridized carbons (Fsp3) is 0.333. The number of pyridine rings is 3. The summed E-state index contributed by atoms with van der Waals surface area (Å²) in [5, 5.41) is 18.9. The highest BCUT2D eigenvalue weighted by Gasteiger charge is 2.38. The number of aliphatic hydroxyl groups excluding tert-OH is 1. The molecule has 208 valence electrons. The molecule has 1 N–H and O–H groups in total. The predicted octanol–water partition coefficient (Wildman–Crippen LogP) is 4.02. The first-order valence-corrected chi connectivity index (χ1v) is 12.4. The number of methoxy groups -OCH3 is 1. The number of anilines is 1. The van der Waals surface area contributed by atoms with Crippen LogP contribution in [0.2, 0.25) is 0 Å². The third kappa shape index (κ3) is 5.86. The van der Waals surface area contributed by atoms with Crippen LogP contribution in [0.25, 0.3) is 16.9 Å². The Balaban J connectivity index is 1.30. The zero-order chi connectivity index (χ0) is 28.3. The monoisotopic (exact) mass is 554 g/mol. The first kappa shape index (κ1) is 27.0. The second kappa shape index (κ2) is 11.3. The average Bonchev–Trinajstić information content (AvgIpc) is 3.39. The quantitative estimate of drug-likeness (QED) is 0.345. The molecule has 0 aliphatic carbocycles. The van der Waals surface area contributed by atoms with Crippen molar-refractivity contribution in [3.8, 4) is 34.7 Å². The molecule has 0 radical (unpaired) electrons. The van der Waals surface area contributed by atoms with Crippen LogP contribution in [0.15, 0.2) is 55.0 Å². The van der Waals surface area contributed by atoms with Crippen molar-refractivity contribution in [1.29, 1.82) is 5.26 Å². The van der Waals surface area contributed by atoms with Crippen molar-refractivity contribution in [3.05, 3.63) is 60.7 Å². The number of fused-ring (bicyclic) bond motifs is 1. The number of rotatable bonds is 8. The maximum absolute atomic E-state index is 12.7. The number of piperidine rings is 1. The number of imidazole rings is 1. The molecule has 10 nitrogen and oxygen atoms in total. The van der Waals surface area contributed by atoms with E-state index in [9.17, 15) is 23.5 Å². The van der Waals surface area contributed by atoms with Crippen molar-refractivity contribution in [2.24, 2.45) is 0 Å². The number of halogens is 3. The van der Waals surface area contributed by atoms with Crippen LogP contribution in [-0.4, -0.2) is 69.6 Å². The Morgan fingerprint density at radius 3 is 2.48 bits per heavy atom. The van der Waals surface area contributed by atoms with E-state index < -0.39 is 18.9 Å². The summed E-state index contributed by atoms with van der Waals surface area (Å²) >= 11 is 0. The topological polar surface area (TPSA) is 118 Å². The lowest BCUT2D eigenvalue weighted by atomic mass is 10.1. The van der Waals surface area contributed by atoms with E-state index in [2.05, 4.69) is 25.9 Å². The number of hydrogen-bond acceptors (Lipinski definition) is 9. The predicted molar refractivity (Wildman–Crippen MR) is 137 cm³/mol. The SMILES string of the molecule is COc1ccc(OC2CCN(c3ccc(-c4cc(OCC(O)C(F)(F)F)cc5ncc(C#N)n45)cn3)CC2)cn1. The molecule has 0 saturated carbocycles. The molecule has 0 amide bonds. The molecular weight excluding hydrogens is 529 g/mol. The number of nitriles is 1. The van der Waals surface area contributed by atoms with Crippen LogP contribution in [0.3, 0.4) is 0 Å². The van der Waals surface area contributed by atoms with E-state index in [-0.39, 0.29) is 17.5 Å². The lowest BCUT2D eigenvalue weighted by Crippen LogP contribution is -2.38. The average molecular weight is 555 g/mol. The highest BCUT2D eigenvalue weighted by molar-refractivity contribution is 5.68. The molecule has 4 aromatic heterocycles. The molecule has 40 heavy (non-hydrogen) atoms. The third-order valence-electron chi connectivity index (χ3n) is 6.51. The molecule has 0 spiro atoms. The lowest BCUT2D eigenvalue weighted by molar-refractivity contribution is -0.210. The smallest absolute Gasteiger partial charge is 0.417 e. The molecule has 1 aliphatic heterocycles. The Bertz CT molecular complexity index is 1490. The summed E-state index contributed by atoms with van der Waals surface area (Å²) in [4.78, 5) is 15.1. The number of nitrogens with zero attached hydrogens (tertiary/aromatic N) is 6. The van der Waals surface area contributed by atoms with Gasteiger partial charge in [-0.2, -0.15) is 18.4 Å². The number of alkyl halides is 3. The van der Waals surface area contributed by atoms with Crippen molar-refractivity contribution >= 4 is 11.5 Å². The second-order valence-electron chi connectivity index (χ2n) is 9.14. The van der Waals surface area contributed by atoms with Crippen LogP contribution in [0.1, 0.15) is 18.5 Å². The van der Waals surface area contributed by atoms with E-state index in [4.69, 9.17) is 14.2 Å². The Morgan fingerprint density at radius 1 is 1.05 bits per heavy atom. The minimum absolute atomic E-state index is 0.0447. The summed E-state index contributed by atoms with van der Waals surface area (Å²) in [7, 11) is 1.56. The van der Waals surface area contributed by atoms with E-state index in [1.807, 2.05) is 18.2 Å². The normalized spacial score (nSPS) is 15.1. The van der Waals surface area contributed by atoms with Crippen molar-refractivity contribution in [1.82, 2.24) is 19.4 Å². The van der Waals surface area contributed by atoms with Gasteiger partial charge in [-0.25, -0.2) is 15.0 Å². The highest BCUT2D eigenvalue weighted by atomic mass is 19.4.